The molecular weight excluding hydrogens is 270 g/mol. The van der Waals surface area contributed by atoms with Crippen molar-refractivity contribution in [3.63, 3.8) is 0 Å². The standard InChI is InChI=1S/C15H19N3O3/c1-16-8-11-5-6-12(19-2)7-13(11)20-9-14-17-15(18-21-14)10-3-4-10/h5-7,10,16H,3-4,8-9H2,1-2H3. The van der Waals surface area contributed by atoms with Crippen molar-refractivity contribution in [2.45, 2.75) is 31.9 Å². The summed E-state index contributed by atoms with van der Waals surface area (Å²) < 4.78 is 16.3. The highest BCUT2D eigenvalue weighted by molar-refractivity contribution is 5.40. The second-order valence-electron chi connectivity index (χ2n) is 5.11. The normalized spacial score (nSPS) is 14.2. The van der Waals surface area contributed by atoms with Crippen LogP contribution < -0.4 is 14.8 Å². The lowest BCUT2D eigenvalue weighted by Crippen LogP contribution is -2.08. The van der Waals surface area contributed by atoms with Gasteiger partial charge in [0.05, 0.1) is 7.11 Å². The van der Waals surface area contributed by atoms with Crippen molar-refractivity contribution < 1.29 is 14.0 Å². The van der Waals surface area contributed by atoms with E-state index < -0.39 is 0 Å². The molecule has 3 rings (SSSR count). The zero-order chi connectivity index (χ0) is 14.7. The summed E-state index contributed by atoms with van der Waals surface area (Å²) in [6, 6.07) is 5.76. The predicted octanol–water partition coefficient (Wildman–Crippen LogP) is 2.25. The van der Waals surface area contributed by atoms with E-state index in [4.69, 9.17) is 14.0 Å². The van der Waals surface area contributed by atoms with E-state index in [2.05, 4.69) is 15.5 Å². The molecule has 21 heavy (non-hydrogen) atoms. The Labute approximate surface area is 123 Å². The van der Waals surface area contributed by atoms with E-state index in [1.165, 1.54) is 0 Å². The first kappa shape index (κ1) is 13.9. The highest BCUT2D eigenvalue weighted by Gasteiger charge is 2.28. The fourth-order valence-corrected chi connectivity index (χ4v) is 2.11. The Morgan fingerprint density at radius 2 is 2.24 bits per heavy atom. The van der Waals surface area contributed by atoms with Crippen LogP contribution in [0.4, 0.5) is 0 Å². The second kappa shape index (κ2) is 6.13. The summed E-state index contributed by atoms with van der Waals surface area (Å²) in [5, 5.41) is 7.09. The first-order chi connectivity index (χ1) is 10.3. The Kier molecular flexibility index (Phi) is 4.06. The van der Waals surface area contributed by atoms with Crippen LogP contribution in [0.2, 0.25) is 0 Å². The first-order valence-electron chi connectivity index (χ1n) is 7.07. The number of rotatable bonds is 7. The molecule has 1 aromatic carbocycles. The number of aromatic nitrogens is 2. The first-order valence-corrected chi connectivity index (χ1v) is 7.07. The Balaban J connectivity index is 1.69. The van der Waals surface area contributed by atoms with E-state index in [1.807, 2.05) is 25.2 Å². The van der Waals surface area contributed by atoms with Gasteiger partial charge < -0.3 is 19.3 Å². The third-order valence-electron chi connectivity index (χ3n) is 3.42. The smallest absolute Gasteiger partial charge is 0.264 e. The minimum absolute atomic E-state index is 0.267. The Hall–Kier alpha value is -2.08. The van der Waals surface area contributed by atoms with Gasteiger partial charge in [0.25, 0.3) is 5.89 Å². The second-order valence-corrected chi connectivity index (χ2v) is 5.11. The minimum atomic E-state index is 0.267. The summed E-state index contributed by atoms with van der Waals surface area (Å²) in [6.07, 6.45) is 2.31. The van der Waals surface area contributed by atoms with Crippen molar-refractivity contribution in [1.29, 1.82) is 0 Å². The molecule has 1 fully saturated rings. The van der Waals surface area contributed by atoms with E-state index in [1.54, 1.807) is 7.11 Å². The topological polar surface area (TPSA) is 69.4 Å². The number of hydrogen-bond donors (Lipinski definition) is 1. The van der Waals surface area contributed by atoms with Crippen molar-refractivity contribution in [2.75, 3.05) is 14.2 Å². The summed E-state index contributed by atoms with van der Waals surface area (Å²) in [5.41, 5.74) is 1.06. The third-order valence-corrected chi connectivity index (χ3v) is 3.42. The molecule has 2 aromatic rings. The molecule has 0 radical (unpaired) electrons. The van der Waals surface area contributed by atoms with Crippen LogP contribution in [0.15, 0.2) is 22.7 Å². The van der Waals surface area contributed by atoms with Gasteiger partial charge in [-0.1, -0.05) is 11.2 Å². The lowest BCUT2D eigenvalue weighted by molar-refractivity contribution is 0.239. The van der Waals surface area contributed by atoms with Crippen LogP contribution >= 0.6 is 0 Å². The monoisotopic (exact) mass is 289 g/mol. The van der Waals surface area contributed by atoms with Gasteiger partial charge in [0.1, 0.15) is 11.5 Å². The molecule has 0 saturated heterocycles. The van der Waals surface area contributed by atoms with Crippen molar-refractivity contribution in [3.05, 3.63) is 35.5 Å². The molecule has 0 amide bonds. The lowest BCUT2D eigenvalue weighted by atomic mass is 10.2. The number of ether oxygens (including phenoxy) is 2. The van der Waals surface area contributed by atoms with E-state index in [0.29, 0.717) is 11.8 Å². The molecule has 1 saturated carbocycles. The molecule has 1 aromatic heterocycles. The summed E-state index contributed by atoms with van der Waals surface area (Å²) in [5.74, 6) is 3.31. The van der Waals surface area contributed by atoms with E-state index in [-0.39, 0.29) is 6.61 Å². The van der Waals surface area contributed by atoms with Crippen LogP contribution in [0.25, 0.3) is 0 Å². The zero-order valence-corrected chi connectivity index (χ0v) is 12.3. The van der Waals surface area contributed by atoms with Crippen molar-refractivity contribution in [2.24, 2.45) is 0 Å². The van der Waals surface area contributed by atoms with Crippen LogP contribution in [0.5, 0.6) is 11.5 Å². The number of benzene rings is 1. The van der Waals surface area contributed by atoms with Gasteiger partial charge in [-0.15, -0.1) is 0 Å². The van der Waals surface area contributed by atoms with Gasteiger partial charge in [0.2, 0.25) is 0 Å². The van der Waals surface area contributed by atoms with Gasteiger partial charge >= 0.3 is 0 Å². The molecule has 0 atom stereocenters. The third kappa shape index (κ3) is 3.33. The average molecular weight is 289 g/mol. The molecular formula is C15H19N3O3. The molecule has 1 heterocycles. The largest absolute Gasteiger partial charge is 0.497 e. The van der Waals surface area contributed by atoms with Crippen LogP contribution in [0.3, 0.4) is 0 Å². The number of nitrogens with zero attached hydrogens (tertiary/aromatic N) is 2. The van der Waals surface area contributed by atoms with Gasteiger partial charge in [-0.3, -0.25) is 0 Å². The SMILES string of the molecule is CNCc1ccc(OC)cc1OCc1nc(C2CC2)no1. The number of nitrogens with one attached hydrogen (secondary N) is 1. The van der Waals surface area contributed by atoms with Crippen molar-refractivity contribution in [3.8, 4) is 11.5 Å². The molecule has 0 bridgehead atoms. The molecule has 1 aliphatic carbocycles. The Morgan fingerprint density at radius 3 is 2.95 bits per heavy atom. The van der Waals surface area contributed by atoms with Gasteiger partial charge in [-0.2, -0.15) is 4.98 Å². The lowest BCUT2D eigenvalue weighted by Gasteiger charge is -2.11. The van der Waals surface area contributed by atoms with E-state index >= 15 is 0 Å². The Morgan fingerprint density at radius 1 is 1.38 bits per heavy atom. The molecule has 0 aliphatic heterocycles. The maximum atomic E-state index is 5.82. The molecule has 6 heteroatoms. The van der Waals surface area contributed by atoms with E-state index in [0.717, 1.165) is 42.3 Å². The van der Waals surface area contributed by atoms with Crippen LogP contribution in [-0.4, -0.2) is 24.3 Å². The van der Waals surface area contributed by atoms with Gasteiger partial charge in [-0.05, 0) is 26.0 Å². The molecule has 0 unspecified atom stereocenters. The molecule has 1 aliphatic rings. The maximum Gasteiger partial charge on any atom is 0.264 e. The van der Waals surface area contributed by atoms with Crippen molar-refractivity contribution >= 4 is 0 Å². The molecule has 0 spiro atoms. The van der Waals surface area contributed by atoms with Crippen LogP contribution in [-0.2, 0) is 13.2 Å². The fraction of sp³-hybridized carbons (Fsp3) is 0.467. The summed E-state index contributed by atoms with van der Waals surface area (Å²) >= 11 is 0. The highest BCUT2D eigenvalue weighted by Crippen LogP contribution is 2.38. The zero-order valence-electron chi connectivity index (χ0n) is 12.3. The van der Waals surface area contributed by atoms with Gasteiger partial charge in [0, 0.05) is 24.1 Å². The predicted molar refractivity (Wildman–Crippen MR) is 76.4 cm³/mol. The highest BCUT2D eigenvalue weighted by atomic mass is 16.5. The minimum Gasteiger partial charge on any atom is -0.497 e. The number of methoxy groups -OCH3 is 1. The van der Waals surface area contributed by atoms with Gasteiger partial charge in [-0.25, -0.2) is 0 Å². The van der Waals surface area contributed by atoms with Gasteiger partial charge in [0.15, 0.2) is 12.4 Å². The Bertz CT molecular complexity index is 608. The summed E-state index contributed by atoms with van der Waals surface area (Å²) in [4.78, 5) is 4.36. The maximum absolute atomic E-state index is 5.82. The number of hydrogen-bond acceptors (Lipinski definition) is 6. The molecule has 6 nitrogen and oxygen atoms in total. The average Bonchev–Trinajstić information content (AvgIpc) is 3.25. The molecule has 112 valence electrons. The quantitative estimate of drug-likeness (QED) is 0.843. The molecule has 1 N–H and O–H groups in total. The fourth-order valence-electron chi connectivity index (χ4n) is 2.11. The summed E-state index contributed by atoms with van der Waals surface area (Å²) in [7, 11) is 3.53. The summed E-state index contributed by atoms with van der Waals surface area (Å²) in [6.45, 7) is 0.986. The van der Waals surface area contributed by atoms with Crippen LogP contribution in [0, 0.1) is 0 Å². The van der Waals surface area contributed by atoms with Crippen LogP contribution in [0.1, 0.15) is 36.0 Å². The van der Waals surface area contributed by atoms with Crippen molar-refractivity contribution in [1.82, 2.24) is 15.5 Å². The van der Waals surface area contributed by atoms with E-state index in [9.17, 15) is 0 Å².